The highest BCUT2D eigenvalue weighted by molar-refractivity contribution is 5.78. The summed E-state index contributed by atoms with van der Waals surface area (Å²) in [6.07, 6.45) is 3.24. The van der Waals surface area contributed by atoms with Gasteiger partial charge in [-0.05, 0) is 18.1 Å². The van der Waals surface area contributed by atoms with Crippen LogP contribution in [0.2, 0.25) is 0 Å². The molecule has 0 aliphatic heterocycles. The van der Waals surface area contributed by atoms with E-state index >= 15 is 0 Å². The van der Waals surface area contributed by atoms with Crippen LogP contribution in [0.4, 0.5) is 17.1 Å². The maximum absolute atomic E-state index is 11.5. The molecule has 2 N–H and O–H groups in total. The van der Waals surface area contributed by atoms with Crippen molar-refractivity contribution in [2.24, 2.45) is 5.92 Å². The smallest absolute Gasteiger partial charge is 0.253 e. The van der Waals surface area contributed by atoms with Crippen molar-refractivity contribution in [3.05, 3.63) is 45.0 Å². The summed E-state index contributed by atoms with van der Waals surface area (Å²) in [5.74, 6) is 0.406. The van der Waals surface area contributed by atoms with Gasteiger partial charge in [-0.2, -0.15) is 0 Å². The van der Waals surface area contributed by atoms with Crippen LogP contribution in [0.25, 0.3) is 0 Å². The zero-order valence-corrected chi connectivity index (χ0v) is 10.4. The number of anilines is 3. The van der Waals surface area contributed by atoms with Crippen LogP contribution in [0.3, 0.4) is 0 Å². The Hall–Kier alpha value is -2.17. The highest BCUT2D eigenvalue weighted by Gasteiger charge is 2.20. The van der Waals surface area contributed by atoms with Gasteiger partial charge in [0.1, 0.15) is 11.4 Å². The van der Waals surface area contributed by atoms with Crippen molar-refractivity contribution in [3.63, 3.8) is 0 Å². The van der Waals surface area contributed by atoms with Gasteiger partial charge in [-0.1, -0.05) is 13.8 Å². The number of pyridine rings is 1. The Kier molecular flexibility index (Phi) is 3.41. The van der Waals surface area contributed by atoms with Gasteiger partial charge in [0, 0.05) is 24.6 Å². The molecule has 1 aromatic heterocycles. The summed E-state index contributed by atoms with van der Waals surface area (Å²) in [5.41, 5.74) is 0.535. The SMILES string of the molecule is CC(C)CNc1c(Nc2ccncc2)c(=O)c1=O. The first-order valence-electron chi connectivity index (χ1n) is 5.84. The molecular weight excluding hydrogens is 230 g/mol. The van der Waals surface area contributed by atoms with Crippen molar-refractivity contribution in [2.75, 3.05) is 17.2 Å². The average molecular weight is 245 g/mol. The van der Waals surface area contributed by atoms with Crippen LogP contribution in [-0.2, 0) is 0 Å². The van der Waals surface area contributed by atoms with E-state index in [1.54, 1.807) is 24.5 Å². The van der Waals surface area contributed by atoms with Gasteiger partial charge in [0.05, 0.1) is 0 Å². The number of nitrogens with one attached hydrogen (secondary N) is 2. The second-order valence-electron chi connectivity index (χ2n) is 4.54. The lowest BCUT2D eigenvalue weighted by molar-refractivity contribution is 0.688. The molecule has 94 valence electrons. The second kappa shape index (κ2) is 5.00. The molecule has 1 aromatic carbocycles. The molecule has 0 fully saturated rings. The lowest BCUT2D eigenvalue weighted by atomic mass is 10.1. The Morgan fingerprint density at radius 3 is 2.33 bits per heavy atom. The lowest BCUT2D eigenvalue weighted by Crippen LogP contribution is -2.37. The van der Waals surface area contributed by atoms with Crippen molar-refractivity contribution < 1.29 is 0 Å². The van der Waals surface area contributed by atoms with Crippen LogP contribution in [-0.4, -0.2) is 11.5 Å². The molecule has 0 saturated heterocycles. The van der Waals surface area contributed by atoms with Gasteiger partial charge in [0.15, 0.2) is 0 Å². The minimum atomic E-state index is -0.474. The first kappa shape index (κ1) is 12.3. The van der Waals surface area contributed by atoms with Gasteiger partial charge < -0.3 is 10.6 Å². The van der Waals surface area contributed by atoms with E-state index < -0.39 is 10.9 Å². The maximum atomic E-state index is 11.5. The van der Waals surface area contributed by atoms with Crippen LogP contribution in [0.15, 0.2) is 34.1 Å². The number of hydrogen-bond donors (Lipinski definition) is 2. The van der Waals surface area contributed by atoms with Crippen LogP contribution < -0.4 is 21.5 Å². The summed E-state index contributed by atoms with van der Waals surface area (Å²) >= 11 is 0. The first-order valence-corrected chi connectivity index (χ1v) is 5.84. The Morgan fingerprint density at radius 2 is 1.72 bits per heavy atom. The van der Waals surface area contributed by atoms with E-state index in [9.17, 15) is 9.59 Å². The van der Waals surface area contributed by atoms with E-state index in [0.717, 1.165) is 5.69 Å². The van der Waals surface area contributed by atoms with E-state index in [4.69, 9.17) is 0 Å². The minimum absolute atomic E-state index is 0.340. The maximum Gasteiger partial charge on any atom is 0.253 e. The van der Waals surface area contributed by atoms with Crippen LogP contribution in [0, 0.1) is 5.92 Å². The summed E-state index contributed by atoms with van der Waals surface area (Å²) < 4.78 is 0. The molecule has 5 heteroatoms. The van der Waals surface area contributed by atoms with Gasteiger partial charge in [-0.3, -0.25) is 14.6 Å². The summed E-state index contributed by atoms with van der Waals surface area (Å²) in [7, 11) is 0. The van der Waals surface area contributed by atoms with E-state index in [1.165, 1.54) is 0 Å². The predicted molar refractivity (Wildman–Crippen MR) is 72.2 cm³/mol. The molecule has 0 unspecified atom stereocenters. The number of aromatic nitrogens is 1. The number of rotatable bonds is 5. The van der Waals surface area contributed by atoms with Crippen molar-refractivity contribution in [3.8, 4) is 0 Å². The number of hydrogen-bond acceptors (Lipinski definition) is 5. The molecular formula is C13H15N3O2. The van der Waals surface area contributed by atoms with Gasteiger partial charge in [0.25, 0.3) is 10.9 Å². The molecule has 0 aliphatic rings. The van der Waals surface area contributed by atoms with Gasteiger partial charge in [0.2, 0.25) is 0 Å². The second-order valence-corrected chi connectivity index (χ2v) is 4.54. The average Bonchev–Trinajstić information content (AvgIpc) is 2.38. The highest BCUT2D eigenvalue weighted by atomic mass is 16.2. The predicted octanol–water partition coefficient (Wildman–Crippen LogP) is 1.49. The summed E-state index contributed by atoms with van der Waals surface area (Å²) in [6, 6.07) is 3.48. The zero-order valence-electron chi connectivity index (χ0n) is 10.4. The monoisotopic (exact) mass is 245 g/mol. The third-order valence-corrected chi connectivity index (χ3v) is 2.55. The molecule has 0 radical (unpaired) electrons. The van der Waals surface area contributed by atoms with Crippen LogP contribution >= 0.6 is 0 Å². The quantitative estimate of drug-likeness (QED) is 0.781. The summed E-state index contributed by atoms with van der Waals surface area (Å²) in [6.45, 7) is 4.73. The molecule has 1 heterocycles. The normalized spacial score (nSPS) is 10.8. The van der Waals surface area contributed by atoms with Crippen molar-refractivity contribution in [1.29, 1.82) is 0 Å². The zero-order chi connectivity index (χ0) is 13.1. The third kappa shape index (κ3) is 2.40. The molecule has 2 rings (SSSR count). The Balaban J connectivity index is 2.16. The van der Waals surface area contributed by atoms with Crippen LogP contribution in [0.1, 0.15) is 13.8 Å². The van der Waals surface area contributed by atoms with Crippen molar-refractivity contribution in [2.45, 2.75) is 13.8 Å². The van der Waals surface area contributed by atoms with E-state index in [0.29, 0.717) is 23.8 Å². The lowest BCUT2D eigenvalue weighted by Gasteiger charge is -2.15. The fourth-order valence-corrected chi connectivity index (χ4v) is 1.57. The molecule has 5 nitrogen and oxygen atoms in total. The summed E-state index contributed by atoms with van der Waals surface area (Å²) in [4.78, 5) is 26.8. The Bertz CT molecular complexity index is 598. The van der Waals surface area contributed by atoms with Crippen molar-refractivity contribution in [1.82, 2.24) is 4.98 Å². The van der Waals surface area contributed by atoms with E-state index in [-0.39, 0.29) is 0 Å². The molecule has 0 bridgehead atoms. The van der Waals surface area contributed by atoms with E-state index in [1.807, 2.05) is 13.8 Å². The van der Waals surface area contributed by atoms with E-state index in [2.05, 4.69) is 15.6 Å². The molecule has 0 atom stereocenters. The fraction of sp³-hybridized carbons (Fsp3) is 0.308. The highest BCUT2D eigenvalue weighted by Crippen LogP contribution is 2.19. The fourth-order valence-electron chi connectivity index (χ4n) is 1.57. The van der Waals surface area contributed by atoms with Gasteiger partial charge in [-0.25, -0.2) is 0 Å². The molecule has 18 heavy (non-hydrogen) atoms. The largest absolute Gasteiger partial charge is 0.380 e. The van der Waals surface area contributed by atoms with Crippen LogP contribution in [0.5, 0.6) is 0 Å². The molecule has 0 amide bonds. The molecule has 2 aromatic rings. The summed E-state index contributed by atoms with van der Waals surface area (Å²) in [5, 5.41) is 5.94. The molecule has 0 aliphatic carbocycles. The van der Waals surface area contributed by atoms with Gasteiger partial charge >= 0.3 is 0 Å². The van der Waals surface area contributed by atoms with Crippen molar-refractivity contribution >= 4 is 17.1 Å². The topological polar surface area (TPSA) is 71.1 Å². The Morgan fingerprint density at radius 1 is 1.11 bits per heavy atom. The first-order chi connectivity index (χ1) is 8.59. The minimum Gasteiger partial charge on any atom is -0.380 e. The standard InChI is InChI=1S/C13H15N3O2/c1-8(2)7-15-10-11(13(18)12(10)17)16-9-3-5-14-6-4-9/h3-6,8,15H,7H2,1-2H3,(H,14,16). The van der Waals surface area contributed by atoms with Gasteiger partial charge in [-0.15, -0.1) is 0 Å². The third-order valence-electron chi connectivity index (χ3n) is 2.55. The molecule has 0 spiro atoms. The molecule has 0 saturated carbocycles. The number of nitrogens with zero attached hydrogens (tertiary/aromatic N) is 1. The Labute approximate surface area is 105 Å².